The van der Waals surface area contributed by atoms with Gasteiger partial charge in [0.25, 0.3) is 29.4 Å². The summed E-state index contributed by atoms with van der Waals surface area (Å²) < 4.78 is 34.3. The third kappa shape index (κ3) is 7.18. The van der Waals surface area contributed by atoms with E-state index in [0.29, 0.717) is 51.1 Å². The topological polar surface area (TPSA) is 215 Å². The molecule has 0 aliphatic heterocycles. The van der Waals surface area contributed by atoms with Gasteiger partial charge >= 0.3 is 5.97 Å². The van der Waals surface area contributed by atoms with Gasteiger partial charge in [0.05, 0.1) is 77.5 Å². The number of carbonyl (C=O) groups is 1. The van der Waals surface area contributed by atoms with Gasteiger partial charge in [-0.15, -0.1) is 20.4 Å². The van der Waals surface area contributed by atoms with Crippen molar-refractivity contribution in [1.29, 1.82) is 0 Å². The number of carbonyl (C=O) groups excluding carboxylic acids is 1. The van der Waals surface area contributed by atoms with Gasteiger partial charge in [0, 0.05) is 0 Å². The molecule has 0 bridgehead atoms. The summed E-state index contributed by atoms with van der Waals surface area (Å²) in [6.45, 7) is 6.98. The molecule has 286 valence electrons. The first kappa shape index (κ1) is 39.1. The Morgan fingerprint density at radius 1 is 0.673 bits per heavy atom. The van der Waals surface area contributed by atoms with Gasteiger partial charge in [-0.2, -0.15) is 4.98 Å². The van der Waals surface area contributed by atoms with E-state index in [1.807, 2.05) is 0 Å². The van der Waals surface area contributed by atoms with Gasteiger partial charge in [0.1, 0.15) is 22.7 Å². The van der Waals surface area contributed by atoms with E-state index in [4.69, 9.17) is 74.6 Å². The van der Waals surface area contributed by atoms with Crippen LogP contribution in [0.1, 0.15) is 35.0 Å². The predicted molar refractivity (Wildman–Crippen MR) is 199 cm³/mol. The Balaban J connectivity index is 0.000000187. The van der Waals surface area contributed by atoms with E-state index in [1.165, 1.54) is 33.0 Å². The molecule has 0 aliphatic rings. The maximum absolute atomic E-state index is 12.3. The van der Waals surface area contributed by atoms with Crippen LogP contribution in [-0.2, 0) is 4.74 Å². The van der Waals surface area contributed by atoms with Crippen LogP contribution < -0.4 is 18.9 Å². The minimum absolute atomic E-state index is 0.0589. The molecule has 5 heterocycles. The summed E-state index contributed by atoms with van der Waals surface area (Å²) in [5.74, 6) is 1.84. The molecule has 2 aromatic carbocycles. The molecule has 19 nitrogen and oxygen atoms in total. The summed E-state index contributed by atoms with van der Waals surface area (Å²) in [5.41, 5.74) is 2.27. The maximum Gasteiger partial charge on any atom is 0.376 e. The van der Waals surface area contributed by atoms with Crippen LogP contribution in [0.2, 0.25) is 20.1 Å². The summed E-state index contributed by atoms with van der Waals surface area (Å²) in [6.07, 6.45) is 0. The number of esters is 1. The molecule has 5 aromatic heterocycles. The van der Waals surface area contributed by atoms with Crippen molar-refractivity contribution in [1.82, 2.24) is 59.6 Å². The van der Waals surface area contributed by atoms with Crippen molar-refractivity contribution in [2.45, 2.75) is 27.7 Å². The number of aryl methyl sites for hydroxylation is 3. The third-order valence-electron chi connectivity index (χ3n) is 7.58. The Bertz CT molecular complexity index is 2600. The number of ether oxygens (including phenoxy) is 5. The van der Waals surface area contributed by atoms with Crippen molar-refractivity contribution in [2.24, 2.45) is 0 Å². The lowest BCUT2D eigenvalue weighted by atomic mass is 10.2. The second-order valence-electron chi connectivity index (χ2n) is 10.9. The van der Waals surface area contributed by atoms with Crippen LogP contribution in [-0.4, -0.2) is 101 Å². The third-order valence-corrected chi connectivity index (χ3v) is 9.13. The average molecular weight is 834 g/mol. The molecule has 0 aliphatic carbocycles. The highest BCUT2D eigenvalue weighted by molar-refractivity contribution is 6.45. The highest BCUT2D eigenvalue weighted by Gasteiger charge is 2.27. The number of aromatic nitrogens is 12. The van der Waals surface area contributed by atoms with Crippen molar-refractivity contribution in [3.63, 3.8) is 0 Å². The number of fused-ring (bicyclic) bond motifs is 2. The molecular formula is C32H28Cl4N12O7. The molecule has 0 saturated carbocycles. The Morgan fingerprint density at radius 2 is 1.15 bits per heavy atom. The van der Waals surface area contributed by atoms with Crippen LogP contribution in [0.3, 0.4) is 0 Å². The minimum Gasteiger partial charge on any atom is -0.477 e. The molecule has 55 heavy (non-hydrogen) atoms. The quantitative estimate of drug-likeness (QED) is 0.148. The smallest absolute Gasteiger partial charge is 0.376 e. The van der Waals surface area contributed by atoms with Crippen molar-refractivity contribution in [2.75, 3.05) is 35.0 Å². The fourth-order valence-corrected chi connectivity index (χ4v) is 6.08. The van der Waals surface area contributed by atoms with E-state index < -0.39 is 5.97 Å². The second kappa shape index (κ2) is 16.0. The first-order valence-electron chi connectivity index (χ1n) is 15.7. The molecule has 0 N–H and O–H groups in total. The van der Waals surface area contributed by atoms with E-state index in [0.717, 1.165) is 0 Å². The number of methoxy groups -OCH3 is 4. The van der Waals surface area contributed by atoms with Crippen molar-refractivity contribution < 1.29 is 33.0 Å². The zero-order valence-electron chi connectivity index (χ0n) is 30.1. The first-order chi connectivity index (χ1) is 26.4. The van der Waals surface area contributed by atoms with Gasteiger partial charge < -0.3 is 28.2 Å². The van der Waals surface area contributed by atoms with Gasteiger partial charge in [0.15, 0.2) is 5.82 Å². The van der Waals surface area contributed by atoms with Crippen LogP contribution >= 0.6 is 46.4 Å². The van der Waals surface area contributed by atoms with Crippen LogP contribution in [0.5, 0.6) is 23.5 Å². The molecule has 0 spiro atoms. The monoisotopic (exact) mass is 832 g/mol. The normalized spacial score (nSPS) is 11.1. The summed E-state index contributed by atoms with van der Waals surface area (Å²) >= 11 is 25.7. The molecule has 0 saturated heterocycles. The van der Waals surface area contributed by atoms with Crippen molar-refractivity contribution in [3.05, 3.63) is 55.5 Å². The number of hydrogen-bond acceptors (Lipinski definition) is 17. The van der Waals surface area contributed by atoms with Crippen LogP contribution in [0.25, 0.3) is 45.2 Å². The van der Waals surface area contributed by atoms with E-state index in [1.54, 1.807) is 44.4 Å². The summed E-state index contributed by atoms with van der Waals surface area (Å²) in [5, 5.41) is 20.8. The molecule has 7 rings (SSSR count). The summed E-state index contributed by atoms with van der Waals surface area (Å²) in [7, 11) is 5.81. The standard InChI is InChI=1S/C16H13Cl2N7O3.C16H15Cl2N5O4/c1-6-19-14(28-24-6)13-23-22-7(2)25(13)12-10(18)8(17)5-9-11(12)21-16(27-4)15(20-9)26-3;1-5-27-16(24)13-22-21-7(2)23(13)12-10(18)8(17)6-9-11(12)20-15(26-4)14(19-9)25-3/h5H,1-4H3;6H,5H2,1-4H3. The van der Waals surface area contributed by atoms with Crippen LogP contribution in [0.15, 0.2) is 16.7 Å². The van der Waals surface area contributed by atoms with Gasteiger partial charge in [-0.3, -0.25) is 9.13 Å². The minimum atomic E-state index is -0.657. The fourth-order valence-electron chi connectivity index (χ4n) is 5.24. The maximum atomic E-state index is 12.3. The van der Waals surface area contributed by atoms with E-state index in [9.17, 15) is 4.79 Å². The number of benzene rings is 2. The van der Waals surface area contributed by atoms with E-state index >= 15 is 0 Å². The molecule has 0 atom stereocenters. The number of hydrogen-bond donors (Lipinski definition) is 0. The van der Waals surface area contributed by atoms with Crippen LogP contribution in [0.4, 0.5) is 0 Å². The highest BCUT2D eigenvalue weighted by Crippen LogP contribution is 2.40. The Labute approximate surface area is 330 Å². The Morgan fingerprint density at radius 3 is 1.62 bits per heavy atom. The zero-order chi connectivity index (χ0) is 39.7. The molecule has 0 amide bonds. The molecule has 7 aromatic rings. The number of nitrogens with zero attached hydrogens (tertiary/aromatic N) is 12. The lowest BCUT2D eigenvalue weighted by molar-refractivity contribution is 0.0509. The number of halogens is 4. The molecule has 0 unspecified atom stereocenters. The molecule has 23 heteroatoms. The lowest BCUT2D eigenvalue weighted by Gasteiger charge is -2.15. The molecule has 0 radical (unpaired) electrons. The van der Waals surface area contributed by atoms with Gasteiger partial charge in [-0.05, 0) is 39.8 Å². The molecular weight excluding hydrogens is 806 g/mol. The Hall–Kier alpha value is -5.63. The highest BCUT2D eigenvalue weighted by atomic mass is 35.5. The lowest BCUT2D eigenvalue weighted by Crippen LogP contribution is -2.14. The van der Waals surface area contributed by atoms with Gasteiger partial charge in [0.2, 0.25) is 11.6 Å². The van der Waals surface area contributed by atoms with Gasteiger partial charge in [-0.25, -0.2) is 24.7 Å². The van der Waals surface area contributed by atoms with E-state index in [-0.39, 0.29) is 67.6 Å². The fraction of sp³-hybridized carbons (Fsp3) is 0.281. The van der Waals surface area contributed by atoms with Crippen molar-refractivity contribution in [3.8, 4) is 46.6 Å². The first-order valence-corrected chi connectivity index (χ1v) is 17.3. The summed E-state index contributed by atoms with van der Waals surface area (Å²) in [6, 6.07) is 3.13. The SMILES string of the molecule is CCOC(=O)c1nnc(C)n1-c1c(Cl)c(Cl)cc2nc(OC)c(OC)nc12.COc1nc2cc(Cl)c(Cl)c(-n3c(C)nnc3-c3nc(C)no3)c2nc1OC. The summed E-state index contributed by atoms with van der Waals surface area (Å²) in [4.78, 5) is 34.2. The predicted octanol–water partition coefficient (Wildman–Crippen LogP) is 6.22. The average Bonchev–Trinajstić information content (AvgIpc) is 3.89. The van der Waals surface area contributed by atoms with Gasteiger partial charge in [-0.1, -0.05) is 51.6 Å². The van der Waals surface area contributed by atoms with Crippen molar-refractivity contribution >= 4 is 74.4 Å². The van der Waals surface area contributed by atoms with Crippen LogP contribution in [0, 0.1) is 20.8 Å². The Kier molecular flexibility index (Phi) is 11.4. The largest absolute Gasteiger partial charge is 0.477 e. The molecule has 0 fully saturated rings. The zero-order valence-corrected chi connectivity index (χ0v) is 33.1. The number of rotatable bonds is 9. The second-order valence-corrected chi connectivity index (χ2v) is 12.5. The van der Waals surface area contributed by atoms with E-state index in [2.05, 4.69) is 50.5 Å².